The molecule has 3 rings (SSSR count). The van der Waals surface area contributed by atoms with E-state index in [0.29, 0.717) is 35.7 Å². The molecule has 132 valence electrons. The summed E-state index contributed by atoms with van der Waals surface area (Å²) < 4.78 is 26.8. The third-order valence-corrected chi connectivity index (χ3v) is 3.68. The Balaban J connectivity index is 1.76. The Morgan fingerprint density at radius 3 is 2.32 bits per heavy atom. The average Bonchev–Trinajstić information content (AvgIpc) is 3.27. The van der Waals surface area contributed by atoms with Crippen LogP contribution in [0.2, 0.25) is 0 Å². The summed E-state index contributed by atoms with van der Waals surface area (Å²) in [6.07, 6.45) is 1.58. The summed E-state index contributed by atoms with van der Waals surface area (Å²) in [5.74, 6) is 2.83. The lowest BCUT2D eigenvalue weighted by Gasteiger charge is -2.14. The van der Waals surface area contributed by atoms with Crippen molar-refractivity contribution in [2.75, 3.05) is 26.6 Å². The number of hydrogen-bond donors (Lipinski definition) is 1. The fraction of sp³-hybridized carbons (Fsp3) is 0.294. The first-order valence-corrected chi connectivity index (χ1v) is 7.57. The minimum atomic E-state index is 0.310. The Kier molecular flexibility index (Phi) is 4.78. The number of hydrogen-bond acceptors (Lipinski definition) is 8. The van der Waals surface area contributed by atoms with Gasteiger partial charge in [-0.15, -0.1) is 5.10 Å². The predicted molar refractivity (Wildman–Crippen MR) is 90.2 cm³/mol. The number of aryl methyl sites for hydroxylation is 1. The van der Waals surface area contributed by atoms with E-state index in [1.165, 1.54) is 0 Å². The topological polar surface area (TPSA) is 91.8 Å². The number of ether oxygens (including phenoxy) is 3. The summed E-state index contributed by atoms with van der Waals surface area (Å²) in [5, 5.41) is 11.1. The fourth-order valence-corrected chi connectivity index (χ4v) is 2.43. The first-order valence-electron chi connectivity index (χ1n) is 7.57. The minimum Gasteiger partial charge on any atom is -0.493 e. The number of nitrogens with one attached hydrogen (secondary N) is 1. The number of nitrogens with zero attached hydrogens (tertiary/aromatic N) is 2. The lowest BCUT2D eigenvalue weighted by atomic mass is 10.2. The molecule has 2 heterocycles. The van der Waals surface area contributed by atoms with Crippen LogP contribution in [0.15, 0.2) is 33.3 Å². The number of anilines is 1. The molecule has 0 spiro atoms. The van der Waals surface area contributed by atoms with Gasteiger partial charge in [0, 0.05) is 6.54 Å². The minimum absolute atomic E-state index is 0.310. The van der Waals surface area contributed by atoms with Crippen molar-refractivity contribution < 1.29 is 23.0 Å². The largest absolute Gasteiger partial charge is 0.493 e. The van der Waals surface area contributed by atoms with Crippen LogP contribution in [0.1, 0.15) is 11.3 Å². The second-order valence-electron chi connectivity index (χ2n) is 5.19. The highest BCUT2D eigenvalue weighted by Crippen LogP contribution is 2.38. The van der Waals surface area contributed by atoms with E-state index in [1.807, 2.05) is 19.1 Å². The molecule has 0 atom stereocenters. The monoisotopic (exact) mass is 345 g/mol. The highest BCUT2D eigenvalue weighted by molar-refractivity contribution is 5.56. The molecule has 8 nitrogen and oxygen atoms in total. The van der Waals surface area contributed by atoms with E-state index in [9.17, 15) is 0 Å². The number of furan rings is 1. The van der Waals surface area contributed by atoms with Crippen LogP contribution in [0.3, 0.4) is 0 Å². The molecule has 0 unspecified atom stereocenters. The maximum absolute atomic E-state index is 5.61. The molecule has 2 aromatic heterocycles. The van der Waals surface area contributed by atoms with E-state index in [1.54, 1.807) is 33.7 Å². The molecule has 0 saturated heterocycles. The highest BCUT2D eigenvalue weighted by Gasteiger charge is 2.15. The molecule has 0 aliphatic carbocycles. The van der Waals surface area contributed by atoms with Crippen molar-refractivity contribution >= 4 is 6.01 Å². The summed E-state index contributed by atoms with van der Waals surface area (Å²) in [6, 6.07) is 5.80. The van der Waals surface area contributed by atoms with E-state index in [-0.39, 0.29) is 0 Å². The van der Waals surface area contributed by atoms with Gasteiger partial charge in [-0.3, -0.25) is 0 Å². The molecule has 0 aliphatic rings. The van der Waals surface area contributed by atoms with Crippen LogP contribution in [-0.4, -0.2) is 31.5 Å². The average molecular weight is 345 g/mol. The van der Waals surface area contributed by atoms with Crippen LogP contribution in [0.4, 0.5) is 6.01 Å². The van der Waals surface area contributed by atoms with Gasteiger partial charge in [0.15, 0.2) is 11.5 Å². The Bertz CT molecular complexity index is 831. The molecule has 0 saturated carbocycles. The van der Waals surface area contributed by atoms with E-state index in [4.69, 9.17) is 23.0 Å². The van der Waals surface area contributed by atoms with Gasteiger partial charge in [0.2, 0.25) is 5.75 Å². The quantitative estimate of drug-likeness (QED) is 0.697. The van der Waals surface area contributed by atoms with Gasteiger partial charge in [-0.05, 0) is 30.7 Å². The number of benzene rings is 1. The molecule has 0 amide bonds. The van der Waals surface area contributed by atoms with Crippen LogP contribution in [0, 0.1) is 6.92 Å². The molecule has 0 fully saturated rings. The molecule has 0 radical (unpaired) electrons. The van der Waals surface area contributed by atoms with Crippen molar-refractivity contribution in [3.8, 4) is 28.7 Å². The Hall–Kier alpha value is -3.16. The van der Waals surface area contributed by atoms with Crippen LogP contribution in [0.25, 0.3) is 11.5 Å². The van der Waals surface area contributed by atoms with Gasteiger partial charge in [-0.25, -0.2) is 0 Å². The van der Waals surface area contributed by atoms with Crippen molar-refractivity contribution in [3.05, 3.63) is 35.8 Å². The molecule has 0 bridgehead atoms. The van der Waals surface area contributed by atoms with Gasteiger partial charge in [0.25, 0.3) is 5.89 Å². The Labute approximate surface area is 144 Å². The van der Waals surface area contributed by atoms with Crippen molar-refractivity contribution in [2.45, 2.75) is 13.5 Å². The molecular weight excluding hydrogens is 326 g/mol. The predicted octanol–water partition coefficient (Wildman–Crippen LogP) is 3.28. The number of aromatic nitrogens is 2. The summed E-state index contributed by atoms with van der Waals surface area (Å²) >= 11 is 0. The molecule has 1 aromatic carbocycles. The van der Waals surface area contributed by atoms with E-state index >= 15 is 0 Å². The van der Waals surface area contributed by atoms with Crippen molar-refractivity contribution in [2.24, 2.45) is 0 Å². The van der Waals surface area contributed by atoms with Crippen molar-refractivity contribution in [3.63, 3.8) is 0 Å². The highest BCUT2D eigenvalue weighted by atomic mass is 16.5. The van der Waals surface area contributed by atoms with Gasteiger partial charge in [-0.1, -0.05) is 5.10 Å². The third kappa shape index (κ3) is 3.37. The lowest BCUT2D eigenvalue weighted by molar-refractivity contribution is 0.324. The first-order chi connectivity index (χ1) is 12.2. The Morgan fingerprint density at radius 1 is 1.04 bits per heavy atom. The van der Waals surface area contributed by atoms with Crippen LogP contribution >= 0.6 is 0 Å². The zero-order valence-electron chi connectivity index (χ0n) is 14.5. The van der Waals surface area contributed by atoms with Crippen LogP contribution in [-0.2, 0) is 6.54 Å². The van der Waals surface area contributed by atoms with E-state index < -0.39 is 0 Å². The van der Waals surface area contributed by atoms with Gasteiger partial charge >= 0.3 is 6.01 Å². The van der Waals surface area contributed by atoms with E-state index in [2.05, 4.69) is 15.5 Å². The summed E-state index contributed by atoms with van der Waals surface area (Å²) in [5.41, 5.74) is 1.68. The first kappa shape index (κ1) is 16.7. The zero-order valence-corrected chi connectivity index (χ0v) is 14.5. The normalized spacial score (nSPS) is 10.6. The SMILES string of the molecule is COc1cc(CNc2nnc(-c3ccoc3C)o2)cc(OC)c1OC. The zero-order chi connectivity index (χ0) is 17.8. The Morgan fingerprint density at radius 2 is 1.76 bits per heavy atom. The third-order valence-electron chi connectivity index (χ3n) is 3.68. The van der Waals surface area contributed by atoms with Crippen molar-refractivity contribution in [1.82, 2.24) is 10.2 Å². The van der Waals surface area contributed by atoms with Crippen LogP contribution in [0.5, 0.6) is 17.2 Å². The van der Waals surface area contributed by atoms with Gasteiger partial charge < -0.3 is 28.4 Å². The van der Waals surface area contributed by atoms with Gasteiger partial charge in [0.05, 0.1) is 33.2 Å². The number of methoxy groups -OCH3 is 3. The lowest BCUT2D eigenvalue weighted by Crippen LogP contribution is -2.02. The van der Waals surface area contributed by atoms with Gasteiger partial charge in [0.1, 0.15) is 5.76 Å². The molecule has 25 heavy (non-hydrogen) atoms. The second kappa shape index (κ2) is 7.16. The molecule has 3 aromatic rings. The number of rotatable bonds is 7. The van der Waals surface area contributed by atoms with Gasteiger partial charge in [-0.2, -0.15) is 0 Å². The fourth-order valence-electron chi connectivity index (χ4n) is 2.43. The summed E-state index contributed by atoms with van der Waals surface area (Å²) in [6.45, 7) is 2.28. The van der Waals surface area contributed by atoms with E-state index in [0.717, 1.165) is 16.9 Å². The van der Waals surface area contributed by atoms with Crippen LogP contribution < -0.4 is 19.5 Å². The second-order valence-corrected chi connectivity index (χ2v) is 5.19. The summed E-state index contributed by atoms with van der Waals surface area (Å²) in [7, 11) is 4.72. The summed E-state index contributed by atoms with van der Waals surface area (Å²) in [4.78, 5) is 0. The molecule has 1 N–H and O–H groups in total. The smallest absolute Gasteiger partial charge is 0.316 e. The molecule has 0 aliphatic heterocycles. The maximum atomic E-state index is 5.61. The molecule has 8 heteroatoms. The standard InChI is InChI=1S/C17H19N3O5/c1-10-12(5-6-24-10)16-19-20-17(25-16)18-9-11-7-13(21-2)15(23-4)14(8-11)22-3/h5-8H,9H2,1-4H3,(H,18,20). The molecular formula is C17H19N3O5. The maximum Gasteiger partial charge on any atom is 0.316 e. The van der Waals surface area contributed by atoms with Crippen molar-refractivity contribution in [1.29, 1.82) is 0 Å².